The summed E-state index contributed by atoms with van der Waals surface area (Å²) in [5.74, 6) is -2.09. The maximum Gasteiger partial charge on any atom is 0.306 e. The van der Waals surface area contributed by atoms with Gasteiger partial charge in [-0.1, -0.05) is 18.2 Å². The highest BCUT2D eigenvalue weighted by Crippen LogP contribution is 2.34. The van der Waals surface area contributed by atoms with E-state index in [0.29, 0.717) is 5.56 Å². The van der Waals surface area contributed by atoms with Crippen molar-refractivity contribution in [3.8, 4) is 0 Å². The minimum atomic E-state index is -1.45. The summed E-state index contributed by atoms with van der Waals surface area (Å²) in [6.45, 7) is 2.31. The van der Waals surface area contributed by atoms with Crippen LogP contribution in [-0.4, -0.2) is 79.0 Å². The lowest BCUT2D eigenvalue weighted by molar-refractivity contribution is -0.161. The van der Waals surface area contributed by atoms with Crippen molar-refractivity contribution in [2.45, 2.75) is 64.1 Å². The maximum atomic E-state index is 12.7. The van der Waals surface area contributed by atoms with Crippen LogP contribution in [0.15, 0.2) is 43.0 Å². The van der Waals surface area contributed by atoms with Crippen molar-refractivity contribution in [2.24, 2.45) is 0 Å². The molecule has 0 aliphatic carbocycles. The molecule has 1 fully saturated rings. The van der Waals surface area contributed by atoms with Crippen LogP contribution in [0.5, 0.6) is 0 Å². The maximum absolute atomic E-state index is 12.7. The Bertz CT molecular complexity index is 1440. The number of ketones is 2. The molecule has 2 N–H and O–H groups in total. The first kappa shape index (κ1) is 29.4. The Balaban J connectivity index is 1.55. The third-order valence-corrected chi connectivity index (χ3v) is 6.25. The first-order valence-electron chi connectivity index (χ1n) is 12.9. The fourth-order valence-corrected chi connectivity index (χ4v) is 4.14. The van der Waals surface area contributed by atoms with Crippen LogP contribution in [0.1, 0.15) is 56.1 Å². The molecule has 1 saturated heterocycles. The summed E-state index contributed by atoms with van der Waals surface area (Å²) in [5.41, 5.74) is 0.818. The molecular formula is C27H29N5O9. The van der Waals surface area contributed by atoms with Crippen LogP contribution in [0.2, 0.25) is 0 Å². The number of imidazole rings is 1. The quantitative estimate of drug-likeness (QED) is 0.301. The van der Waals surface area contributed by atoms with Gasteiger partial charge in [0.05, 0.1) is 19.2 Å². The summed E-state index contributed by atoms with van der Waals surface area (Å²) >= 11 is 0. The Morgan fingerprint density at radius 2 is 1.63 bits per heavy atom. The number of aliphatic hydroxyl groups is 1. The van der Waals surface area contributed by atoms with Gasteiger partial charge in [0.1, 0.15) is 36.7 Å². The Morgan fingerprint density at radius 3 is 2.32 bits per heavy atom. The van der Waals surface area contributed by atoms with E-state index in [9.17, 15) is 29.1 Å². The number of benzene rings is 1. The molecule has 41 heavy (non-hydrogen) atoms. The zero-order chi connectivity index (χ0) is 29.5. The van der Waals surface area contributed by atoms with E-state index in [2.05, 4.69) is 20.3 Å². The van der Waals surface area contributed by atoms with Gasteiger partial charge in [0, 0.05) is 18.4 Å². The van der Waals surface area contributed by atoms with Crippen LogP contribution in [0, 0.1) is 0 Å². The Labute approximate surface area is 234 Å². The molecular weight excluding hydrogens is 538 g/mol. The van der Waals surface area contributed by atoms with E-state index in [0.717, 1.165) is 0 Å². The van der Waals surface area contributed by atoms with E-state index in [-0.39, 0.29) is 60.8 Å². The number of anilines is 1. The summed E-state index contributed by atoms with van der Waals surface area (Å²) in [6.07, 6.45) is -2.86. The summed E-state index contributed by atoms with van der Waals surface area (Å²) < 4.78 is 18.0. The number of hydrogen-bond acceptors (Lipinski definition) is 12. The van der Waals surface area contributed by atoms with Gasteiger partial charge in [-0.25, -0.2) is 15.0 Å². The predicted octanol–water partition coefficient (Wildman–Crippen LogP) is 1.53. The second-order valence-electron chi connectivity index (χ2n) is 9.46. The topological polar surface area (TPSA) is 189 Å². The number of Topliss-reactive ketones (excluding diaryl/α,β-unsaturated/α-hetero) is 2. The molecule has 0 saturated carbocycles. The monoisotopic (exact) mass is 567 g/mol. The van der Waals surface area contributed by atoms with E-state index >= 15 is 0 Å². The summed E-state index contributed by atoms with van der Waals surface area (Å²) in [6, 6.07) is 8.50. The van der Waals surface area contributed by atoms with Crippen molar-refractivity contribution < 1.29 is 43.3 Å². The highest BCUT2D eigenvalue weighted by atomic mass is 16.6. The Hall–Kier alpha value is -4.56. The second kappa shape index (κ2) is 13.2. The van der Waals surface area contributed by atoms with Crippen molar-refractivity contribution >= 4 is 46.4 Å². The fourth-order valence-electron chi connectivity index (χ4n) is 4.14. The predicted molar refractivity (Wildman–Crippen MR) is 140 cm³/mol. The number of ether oxygens (including phenoxy) is 3. The number of fused-ring (bicyclic) bond motifs is 1. The highest BCUT2D eigenvalue weighted by Gasteiger charge is 2.48. The van der Waals surface area contributed by atoms with E-state index < -0.39 is 42.4 Å². The lowest BCUT2D eigenvalue weighted by atomic mass is 10.1. The van der Waals surface area contributed by atoms with Crippen LogP contribution in [-0.2, 0) is 33.4 Å². The average molecular weight is 568 g/mol. The van der Waals surface area contributed by atoms with Gasteiger partial charge in [0.2, 0.25) is 0 Å². The largest absolute Gasteiger partial charge is 0.463 e. The molecule has 3 heterocycles. The van der Waals surface area contributed by atoms with Gasteiger partial charge in [-0.3, -0.25) is 19.0 Å². The van der Waals surface area contributed by atoms with Crippen molar-refractivity contribution in [1.82, 2.24) is 19.5 Å². The smallest absolute Gasteiger partial charge is 0.306 e. The molecule has 0 unspecified atom stereocenters. The van der Waals surface area contributed by atoms with Crippen molar-refractivity contribution in [2.75, 3.05) is 11.9 Å². The molecule has 14 nitrogen and oxygen atoms in total. The number of amides is 1. The van der Waals surface area contributed by atoms with Gasteiger partial charge < -0.3 is 34.2 Å². The van der Waals surface area contributed by atoms with Crippen LogP contribution in [0.4, 0.5) is 5.82 Å². The third-order valence-electron chi connectivity index (χ3n) is 6.25. The van der Waals surface area contributed by atoms with Gasteiger partial charge in [0.25, 0.3) is 5.91 Å². The van der Waals surface area contributed by atoms with Gasteiger partial charge in [-0.15, -0.1) is 0 Å². The van der Waals surface area contributed by atoms with Gasteiger partial charge in [-0.2, -0.15) is 0 Å². The standard InChI is InChI=1S/C27H29N5O9/c1-15(33)8-10-19(35)39-12-18-23(41-20(36)11-9-16(2)34)22(37)27(40-18)32-14-30-21-24(28-13-29-25(21)32)31-26(38)17-6-4-3-5-7-17/h3-7,13-14,18,22-23,27,37H,8-12H2,1-2H3,(H,28,29,31,38)/t18-,22-,23-,27-/m1/s1. The number of hydrogen-bond donors (Lipinski definition) is 2. The average Bonchev–Trinajstić information content (AvgIpc) is 3.51. The molecule has 2 aromatic heterocycles. The summed E-state index contributed by atoms with van der Waals surface area (Å²) in [5, 5.41) is 13.9. The molecule has 14 heteroatoms. The van der Waals surface area contributed by atoms with Crippen molar-refractivity contribution in [3.05, 3.63) is 48.5 Å². The van der Waals surface area contributed by atoms with Gasteiger partial charge >= 0.3 is 11.9 Å². The number of carbonyl (C=O) groups is 5. The van der Waals surface area contributed by atoms with E-state index in [4.69, 9.17) is 14.2 Å². The van der Waals surface area contributed by atoms with Crippen LogP contribution in [0.25, 0.3) is 11.2 Å². The molecule has 4 rings (SSSR count). The van der Waals surface area contributed by atoms with E-state index in [1.54, 1.807) is 30.3 Å². The van der Waals surface area contributed by atoms with Crippen LogP contribution in [0.3, 0.4) is 0 Å². The first-order chi connectivity index (χ1) is 19.6. The molecule has 4 atom stereocenters. The minimum absolute atomic E-state index is 0.00292. The number of rotatable bonds is 12. The number of esters is 2. The molecule has 216 valence electrons. The summed E-state index contributed by atoms with van der Waals surface area (Å²) in [4.78, 5) is 72.3. The van der Waals surface area contributed by atoms with Gasteiger partial charge in [0.15, 0.2) is 29.3 Å². The number of nitrogens with one attached hydrogen (secondary N) is 1. The molecule has 1 amide bonds. The molecule has 0 radical (unpaired) electrons. The number of nitrogens with zero attached hydrogens (tertiary/aromatic N) is 4. The van der Waals surface area contributed by atoms with Gasteiger partial charge in [-0.05, 0) is 26.0 Å². The van der Waals surface area contributed by atoms with E-state index in [1.165, 1.54) is 31.1 Å². The third kappa shape index (κ3) is 7.35. The zero-order valence-corrected chi connectivity index (χ0v) is 22.4. The second-order valence-corrected chi connectivity index (χ2v) is 9.46. The molecule has 3 aromatic rings. The van der Waals surface area contributed by atoms with Crippen LogP contribution < -0.4 is 5.32 Å². The minimum Gasteiger partial charge on any atom is -0.463 e. The van der Waals surface area contributed by atoms with E-state index in [1.807, 2.05) is 0 Å². The van der Waals surface area contributed by atoms with Crippen molar-refractivity contribution in [3.63, 3.8) is 0 Å². The highest BCUT2D eigenvalue weighted by molar-refractivity contribution is 6.06. The Morgan fingerprint density at radius 1 is 0.951 bits per heavy atom. The molecule has 0 spiro atoms. The molecule has 1 aliphatic heterocycles. The first-order valence-corrected chi connectivity index (χ1v) is 12.9. The summed E-state index contributed by atoms with van der Waals surface area (Å²) in [7, 11) is 0. The fraction of sp³-hybridized carbons (Fsp3) is 0.407. The van der Waals surface area contributed by atoms with Crippen LogP contribution >= 0.6 is 0 Å². The normalized spacial score (nSPS) is 20.0. The molecule has 0 bridgehead atoms. The Kier molecular flexibility index (Phi) is 9.47. The molecule has 1 aromatic carbocycles. The molecule has 1 aliphatic rings. The number of aromatic nitrogens is 4. The number of carbonyl (C=O) groups excluding carboxylic acids is 5. The lowest BCUT2D eigenvalue weighted by Gasteiger charge is -2.20. The zero-order valence-electron chi connectivity index (χ0n) is 22.4. The lowest BCUT2D eigenvalue weighted by Crippen LogP contribution is -2.38. The van der Waals surface area contributed by atoms with Crippen molar-refractivity contribution in [1.29, 1.82) is 0 Å². The SMILES string of the molecule is CC(=O)CCC(=O)OC[C@H]1O[C@@H](n2cnc3c(NC(=O)c4ccccc4)ncnc32)[C@H](O)[C@@H]1OC(=O)CCC(C)=O. The number of aliphatic hydroxyl groups excluding tert-OH is 1.